The Hall–Kier alpha value is -5.25. The number of anilines is 3. The second kappa shape index (κ2) is 15.2. The lowest BCUT2D eigenvalue weighted by Crippen LogP contribution is -2.45. The molecule has 3 aromatic heterocycles. The summed E-state index contributed by atoms with van der Waals surface area (Å²) in [4.78, 5) is 30.3. The zero-order valence-corrected chi connectivity index (χ0v) is 26.9. The van der Waals surface area contributed by atoms with Gasteiger partial charge in [0.15, 0.2) is 5.65 Å². The normalized spacial score (nSPS) is 13.3. The summed E-state index contributed by atoms with van der Waals surface area (Å²) in [6.07, 6.45) is 4.81. The van der Waals surface area contributed by atoms with Crippen LogP contribution in [0.1, 0.15) is 26.3 Å². The highest BCUT2D eigenvalue weighted by Gasteiger charge is 2.16. The molecular weight excluding hydrogens is 582 g/mol. The van der Waals surface area contributed by atoms with E-state index in [1.165, 1.54) is 12.7 Å². The van der Waals surface area contributed by atoms with Crippen LogP contribution >= 0.6 is 0 Å². The number of rotatable bonds is 9. The number of aryl methyl sites for hydroxylation is 1. The number of benzene rings is 2. The second-order valence-corrected chi connectivity index (χ2v) is 10.5. The van der Waals surface area contributed by atoms with E-state index in [1.54, 1.807) is 17.6 Å². The summed E-state index contributed by atoms with van der Waals surface area (Å²) in [7, 11) is 2.13. The molecule has 1 amide bonds. The molecule has 238 valence electrons. The quantitative estimate of drug-likeness (QED) is 0.214. The molecule has 6 rings (SSSR count). The van der Waals surface area contributed by atoms with Crippen LogP contribution in [0.15, 0.2) is 61.3 Å². The summed E-state index contributed by atoms with van der Waals surface area (Å²) in [6, 6.07) is 13.1. The van der Waals surface area contributed by atoms with Crippen molar-refractivity contribution < 1.29 is 14.3 Å². The molecule has 12 nitrogen and oxygen atoms in total. The molecular formula is C34H39N9O3. The first-order valence-electron chi connectivity index (χ1n) is 15.4. The van der Waals surface area contributed by atoms with Crippen molar-refractivity contribution in [1.29, 1.82) is 0 Å². The number of carbonyl (C=O) groups is 1. The van der Waals surface area contributed by atoms with Gasteiger partial charge in [-0.1, -0.05) is 19.8 Å². The molecule has 0 aliphatic carbocycles. The molecule has 4 heterocycles. The van der Waals surface area contributed by atoms with Gasteiger partial charge in [-0.25, -0.2) is 19.5 Å². The molecule has 1 fully saturated rings. The molecule has 0 radical (unpaired) electrons. The van der Waals surface area contributed by atoms with Crippen LogP contribution in [0.2, 0.25) is 0 Å². The fraction of sp³-hybridized carbons (Fsp3) is 0.324. The number of carbonyl (C=O) groups excluding carboxylic acids is 1. The Balaban J connectivity index is 0.00000204. The molecule has 0 bridgehead atoms. The van der Waals surface area contributed by atoms with Crippen LogP contribution in [-0.4, -0.2) is 86.7 Å². The number of amides is 1. The third kappa shape index (κ3) is 7.87. The zero-order chi connectivity index (χ0) is 32.5. The second-order valence-electron chi connectivity index (χ2n) is 10.5. The van der Waals surface area contributed by atoms with Gasteiger partial charge in [-0.2, -0.15) is 5.10 Å². The summed E-state index contributed by atoms with van der Waals surface area (Å²) >= 11 is 0. The first kappa shape index (κ1) is 32.2. The van der Waals surface area contributed by atoms with Crippen molar-refractivity contribution in [1.82, 2.24) is 34.4 Å². The molecule has 5 aromatic rings. The number of fused-ring (bicyclic) bond motifs is 2. The minimum absolute atomic E-state index is 0.420. The van der Waals surface area contributed by atoms with Gasteiger partial charge in [0.05, 0.1) is 11.2 Å². The monoisotopic (exact) mass is 621 g/mol. The maximum Gasteiger partial charge on any atom is 0.300 e. The van der Waals surface area contributed by atoms with Gasteiger partial charge in [0.2, 0.25) is 0 Å². The number of aromatic nitrogens is 5. The highest BCUT2D eigenvalue weighted by Crippen LogP contribution is 2.34. The summed E-state index contributed by atoms with van der Waals surface area (Å²) in [5.74, 6) is 7.26. The third-order valence-corrected chi connectivity index (χ3v) is 7.40. The van der Waals surface area contributed by atoms with Gasteiger partial charge in [0.1, 0.15) is 42.3 Å². The number of nitrogens with zero attached hydrogens (tertiary/aromatic N) is 7. The largest absolute Gasteiger partial charge is 0.490 e. The number of pyridine rings is 1. The average molecular weight is 622 g/mol. The summed E-state index contributed by atoms with van der Waals surface area (Å²) in [5.41, 5.74) is 3.63. The van der Waals surface area contributed by atoms with Crippen LogP contribution in [0.5, 0.6) is 17.2 Å². The molecule has 0 atom stereocenters. The van der Waals surface area contributed by atoms with Crippen LogP contribution in [0, 0.1) is 18.8 Å². The van der Waals surface area contributed by atoms with Crippen LogP contribution < -0.4 is 20.1 Å². The smallest absolute Gasteiger partial charge is 0.300 e. The molecule has 1 aliphatic rings. The van der Waals surface area contributed by atoms with Gasteiger partial charge >= 0.3 is 0 Å². The van der Waals surface area contributed by atoms with E-state index in [1.807, 2.05) is 63.2 Å². The Labute approximate surface area is 268 Å². The first-order chi connectivity index (χ1) is 22.4. The van der Waals surface area contributed by atoms with Crippen molar-refractivity contribution in [2.75, 3.05) is 57.0 Å². The topological polar surface area (TPSA) is 122 Å². The predicted octanol–water partition coefficient (Wildman–Crippen LogP) is 5.13. The van der Waals surface area contributed by atoms with E-state index in [4.69, 9.17) is 9.47 Å². The van der Waals surface area contributed by atoms with E-state index in [0.717, 1.165) is 49.4 Å². The molecule has 0 saturated carbocycles. The molecule has 46 heavy (non-hydrogen) atoms. The van der Waals surface area contributed by atoms with Crippen LogP contribution in [0.25, 0.3) is 16.6 Å². The molecule has 0 spiro atoms. The molecule has 1 aliphatic heterocycles. The molecule has 2 N–H and O–H groups in total. The summed E-state index contributed by atoms with van der Waals surface area (Å²) in [5, 5.41) is 11.1. The average Bonchev–Trinajstić information content (AvgIpc) is 3.53. The Morgan fingerprint density at radius 3 is 2.59 bits per heavy atom. The van der Waals surface area contributed by atoms with E-state index >= 15 is 0 Å². The maximum atomic E-state index is 12.5. The standard InChI is InChI=1S/C32H33N9O3.C2H6/c1-4-5-31(42)38-27-18-25-26(19-29(27)43-15-14-40-12-10-39(3)11-13-40)33-20-35-32(25)37-23-6-7-28(22(2)16-23)44-24-8-9-41-30(17-24)34-21-36-41;1-2/h6-9,16-21H,10-15H2,1-3H3,(H,38,42)(H,33,35,37);1-2H3. The number of hydrogen-bond acceptors (Lipinski definition) is 10. The van der Waals surface area contributed by atoms with Gasteiger partial charge < -0.3 is 25.0 Å². The Morgan fingerprint density at radius 2 is 1.80 bits per heavy atom. The minimum atomic E-state index is -0.420. The van der Waals surface area contributed by atoms with Crippen molar-refractivity contribution in [3.8, 4) is 29.1 Å². The lowest BCUT2D eigenvalue weighted by molar-refractivity contribution is -0.111. The van der Waals surface area contributed by atoms with Crippen molar-refractivity contribution in [2.45, 2.75) is 27.7 Å². The lowest BCUT2D eigenvalue weighted by Gasteiger charge is -2.32. The molecule has 0 unspecified atom stereocenters. The van der Waals surface area contributed by atoms with Gasteiger partial charge in [-0.05, 0) is 62.7 Å². The van der Waals surface area contributed by atoms with Crippen molar-refractivity contribution in [2.24, 2.45) is 0 Å². The van der Waals surface area contributed by atoms with Crippen LogP contribution in [0.3, 0.4) is 0 Å². The number of nitrogens with one attached hydrogen (secondary N) is 2. The third-order valence-electron chi connectivity index (χ3n) is 7.40. The molecule has 2 aromatic carbocycles. The first-order valence-corrected chi connectivity index (χ1v) is 15.4. The minimum Gasteiger partial charge on any atom is -0.490 e. The molecule has 12 heteroatoms. The van der Waals surface area contributed by atoms with E-state index in [-0.39, 0.29) is 0 Å². The SMILES string of the molecule is CC.CC#CC(=O)Nc1cc2c(Nc3ccc(Oc4ccn5ncnc5c4)c(C)c3)ncnc2cc1OCCN1CCN(C)CC1. The van der Waals surface area contributed by atoms with Gasteiger partial charge in [0, 0.05) is 62.1 Å². The Bertz CT molecular complexity index is 1870. The fourth-order valence-electron chi connectivity index (χ4n) is 4.99. The van der Waals surface area contributed by atoms with Crippen LogP contribution in [0.4, 0.5) is 17.2 Å². The summed E-state index contributed by atoms with van der Waals surface area (Å²) in [6.45, 7) is 12.9. The van der Waals surface area contributed by atoms with E-state index < -0.39 is 5.91 Å². The van der Waals surface area contributed by atoms with E-state index in [0.29, 0.717) is 46.5 Å². The van der Waals surface area contributed by atoms with Gasteiger partial charge in [0.25, 0.3) is 5.91 Å². The Kier molecular flexibility index (Phi) is 10.6. The lowest BCUT2D eigenvalue weighted by atomic mass is 10.1. The van der Waals surface area contributed by atoms with Gasteiger partial charge in [-0.15, -0.1) is 0 Å². The van der Waals surface area contributed by atoms with E-state index in [9.17, 15) is 4.79 Å². The van der Waals surface area contributed by atoms with E-state index in [2.05, 4.69) is 59.4 Å². The highest BCUT2D eigenvalue weighted by molar-refractivity contribution is 6.06. The summed E-state index contributed by atoms with van der Waals surface area (Å²) < 4.78 is 14.0. The maximum absolute atomic E-state index is 12.5. The Morgan fingerprint density at radius 1 is 0.978 bits per heavy atom. The highest BCUT2D eigenvalue weighted by atomic mass is 16.5. The molecule has 1 saturated heterocycles. The number of likely N-dealkylation sites (N-methyl/N-ethyl adjacent to an activating group) is 1. The van der Waals surface area contributed by atoms with Crippen molar-refractivity contribution in [3.05, 3.63) is 66.9 Å². The fourth-order valence-corrected chi connectivity index (χ4v) is 4.99. The number of piperazine rings is 1. The van der Waals surface area contributed by atoms with Crippen molar-refractivity contribution >= 4 is 39.6 Å². The zero-order valence-electron chi connectivity index (χ0n) is 26.9. The van der Waals surface area contributed by atoms with Crippen LogP contribution in [-0.2, 0) is 4.79 Å². The van der Waals surface area contributed by atoms with Crippen molar-refractivity contribution in [3.63, 3.8) is 0 Å². The van der Waals surface area contributed by atoms with Gasteiger partial charge in [-0.3, -0.25) is 9.69 Å². The number of hydrogen-bond donors (Lipinski definition) is 2. The number of ether oxygens (including phenoxy) is 2. The predicted molar refractivity (Wildman–Crippen MR) is 180 cm³/mol.